The summed E-state index contributed by atoms with van der Waals surface area (Å²) in [6.45, 7) is 12.5. The van der Waals surface area contributed by atoms with Crippen molar-refractivity contribution in [1.29, 1.82) is 0 Å². The molecule has 2 heterocycles. The summed E-state index contributed by atoms with van der Waals surface area (Å²) in [4.78, 5) is 19.0. The van der Waals surface area contributed by atoms with Crippen molar-refractivity contribution >= 4 is 17.4 Å². The lowest BCUT2D eigenvalue weighted by Gasteiger charge is -2.35. The average Bonchev–Trinajstić information content (AvgIpc) is 3.02. The van der Waals surface area contributed by atoms with Crippen LogP contribution in [-0.2, 0) is 6.42 Å². The number of carbonyl (C=O) groups is 1. The first kappa shape index (κ1) is 19.2. The summed E-state index contributed by atoms with van der Waals surface area (Å²) in [5.74, 6) is 1.04. The van der Waals surface area contributed by atoms with Gasteiger partial charge >= 0.3 is 6.03 Å². The van der Waals surface area contributed by atoms with Crippen LogP contribution in [-0.4, -0.2) is 48.1 Å². The molecule has 1 aliphatic heterocycles. The molecule has 6 heteroatoms. The molecule has 0 aromatic carbocycles. The molecular weight excluding hydrogens is 320 g/mol. The number of hydrogen-bond acceptors (Lipinski definition) is 4. The topological polar surface area (TPSA) is 57.3 Å². The van der Waals surface area contributed by atoms with Gasteiger partial charge in [0.1, 0.15) is 0 Å². The maximum absolute atomic E-state index is 12.0. The molecule has 1 atom stereocenters. The monoisotopic (exact) mass is 352 g/mol. The molecule has 2 amide bonds. The van der Waals surface area contributed by atoms with Gasteiger partial charge in [-0.05, 0) is 39.2 Å². The predicted molar refractivity (Wildman–Crippen MR) is 101 cm³/mol. The Bertz CT molecular complexity index is 515. The van der Waals surface area contributed by atoms with Crippen LogP contribution in [0.4, 0.5) is 4.79 Å². The van der Waals surface area contributed by atoms with Crippen molar-refractivity contribution in [3.8, 4) is 0 Å². The average molecular weight is 353 g/mol. The van der Waals surface area contributed by atoms with Crippen LogP contribution in [0.3, 0.4) is 0 Å². The molecule has 2 N–H and O–H groups in total. The first-order chi connectivity index (χ1) is 11.5. The largest absolute Gasteiger partial charge is 0.338 e. The molecule has 24 heavy (non-hydrogen) atoms. The fourth-order valence-corrected chi connectivity index (χ4v) is 3.91. The molecule has 0 spiro atoms. The van der Waals surface area contributed by atoms with E-state index in [4.69, 9.17) is 0 Å². The van der Waals surface area contributed by atoms with Crippen LogP contribution < -0.4 is 10.6 Å². The molecule has 0 radical (unpaired) electrons. The predicted octanol–water partition coefficient (Wildman–Crippen LogP) is 3.23. The molecule has 1 fully saturated rings. The second-order valence-electron chi connectivity index (χ2n) is 7.32. The van der Waals surface area contributed by atoms with E-state index >= 15 is 0 Å². The summed E-state index contributed by atoms with van der Waals surface area (Å²) in [6.07, 6.45) is 3.23. The maximum Gasteiger partial charge on any atom is 0.314 e. The third-order valence-corrected chi connectivity index (χ3v) is 5.76. The Kier molecular flexibility index (Phi) is 7.49. The quantitative estimate of drug-likeness (QED) is 0.792. The van der Waals surface area contributed by atoms with Gasteiger partial charge in [-0.2, -0.15) is 0 Å². The second-order valence-corrected chi connectivity index (χ2v) is 8.21. The number of nitrogens with zero attached hydrogens (tertiary/aromatic N) is 2. The van der Waals surface area contributed by atoms with E-state index in [1.165, 1.54) is 24.4 Å². The van der Waals surface area contributed by atoms with Gasteiger partial charge in [-0.3, -0.25) is 0 Å². The van der Waals surface area contributed by atoms with E-state index in [-0.39, 0.29) is 6.03 Å². The molecule has 1 saturated heterocycles. The summed E-state index contributed by atoms with van der Waals surface area (Å²) < 4.78 is 0. The third kappa shape index (κ3) is 6.06. The van der Waals surface area contributed by atoms with Gasteiger partial charge < -0.3 is 15.5 Å². The highest BCUT2D eigenvalue weighted by Crippen LogP contribution is 2.19. The highest BCUT2D eigenvalue weighted by molar-refractivity contribution is 7.09. The summed E-state index contributed by atoms with van der Waals surface area (Å²) in [5.41, 5.74) is 1.07. The molecule has 0 aliphatic carbocycles. The lowest BCUT2D eigenvalue weighted by atomic mass is 9.97. The third-order valence-electron chi connectivity index (χ3n) is 4.56. The summed E-state index contributed by atoms with van der Waals surface area (Å²) in [6, 6.07) is 0.534. The van der Waals surface area contributed by atoms with Crippen molar-refractivity contribution in [1.82, 2.24) is 20.5 Å². The lowest BCUT2D eigenvalue weighted by Crippen LogP contribution is -2.45. The van der Waals surface area contributed by atoms with Crippen LogP contribution in [0, 0.1) is 5.92 Å². The molecule has 1 unspecified atom stereocenters. The smallest absolute Gasteiger partial charge is 0.314 e. The zero-order valence-electron chi connectivity index (χ0n) is 15.5. The highest BCUT2D eigenvalue weighted by atomic mass is 32.1. The number of urea groups is 1. The Balaban J connectivity index is 1.62. The fraction of sp³-hybridized carbons (Fsp3) is 0.778. The van der Waals surface area contributed by atoms with Gasteiger partial charge in [0.25, 0.3) is 0 Å². The van der Waals surface area contributed by atoms with Crippen LogP contribution in [0.1, 0.15) is 57.2 Å². The van der Waals surface area contributed by atoms with Gasteiger partial charge in [0.05, 0.1) is 10.7 Å². The molecule has 1 aliphatic rings. The van der Waals surface area contributed by atoms with Crippen molar-refractivity contribution in [3.05, 3.63) is 16.1 Å². The van der Waals surface area contributed by atoms with E-state index in [1.54, 1.807) is 11.3 Å². The van der Waals surface area contributed by atoms with Gasteiger partial charge in [0, 0.05) is 43.4 Å². The molecule has 5 nitrogen and oxygen atoms in total. The van der Waals surface area contributed by atoms with Crippen LogP contribution >= 0.6 is 11.3 Å². The van der Waals surface area contributed by atoms with Crippen LogP contribution in [0.15, 0.2) is 5.38 Å². The molecule has 0 saturated carbocycles. The molecule has 2 rings (SSSR count). The number of aromatic nitrogens is 1. The minimum absolute atomic E-state index is 0.0593. The first-order valence-corrected chi connectivity index (χ1v) is 10.0. The Morgan fingerprint density at radius 1 is 1.38 bits per heavy atom. The first-order valence-electron chi connectivity index (χ1n) is 9.15. The number of piperidine rings is 1. The lowest BCUT2D eigenvalue weighted by molar-refractivity contribution is 0.139. The Labute approximate surface area is 150 Å². The van der Waals surface area contributed by atoms with Crippen LogP contribution in [0.2, 0.25) is 0 Å². The van der Waals surface area contributed by atoms with Crippen molar-refractivity contribution in [3.63, 3.8) is 0 Å². The summed E-state index contributed by atoms with van der Waals surface area (Å²) >= 11 is 1.70. The van der Waals surface area contributed by atoms with Gasteiger partial charge in [-0.1, -0.05) is 13.8 Å². The Morgan fingerprint density at radius 3 is 2.83 bits per heavy atom. The summed E-state index contributed by atoms with van der Waals surface area (Å²) in [7, 11) is 0. The number of amides is 2. The van der Waals surface area contributed by atoms with Gasteiger partial charge in [0.2, 0.25) is 0 Å². The molecule has 0 bridgehead atoms. The molecule has 1 aromatic heterocycles. The minimum Gasteiger partial charge on any atom is -0.338 e. The molecular formula is C18H32N4OS. The van der Waals surface area contributed by atoms with Gasteiger partial charge in [-0.15, -0.1) is 11.3 Å². The van der Waals surface area contributed by atoms with Crippen molar-refractivity contribution < 1.29 is 4.79 Å². The van der Waals surface area contributed by atoms with Gasteiger partial charge in [0.15, 0.2) is 0 Å². The van der Waals surface area contributed by atoms with E-state index in [1.807, 2.05) is 0 Å². The SMILES string of the molecule is CC(C)c1nc(CCNC(=O)NCC2CCCN(C(C)C)C2)cs1. The molecule has 1 aromatic rings. The van der Waals surface area contributed by atoms with Crippen molar-refractivity contribution in [2.45, 2.75) is 58.9 Å². The Morgan fingerprint density at radius 2 is 2.17 bits per heavy atom. The minimum atomic E-state index is -0.0593. The normalized spacial score (nSPS) is 19.0. The van der Waals surface area contributed by atoms with Gasteiger partial charge in [-0.25, -0.2) is 9.78 Å². The fourth-order valence-electron chi connectivity index (χ4n) is 3.04. The van der Waals surface area contributed by atoms with E-state index in [9.17, 15) is 4.79 Å². The van der Waals surface area contributed by atoms with E-state index < -0.39 is 0 Å². The highest BCUT2D eigenvalue weighted by Gasteiger charge is 2.21. The van der Waals surface area contributed by atoms with Crippen molar-refractivity contribution in [2.75, 3.05) is 26.2 Å². The number of thiazole rings is 1. The number of likely N-dealkylation sites (tertiary alicyclic amines) is 1. The van der Waals surface area contributed by atoms with E-state index in [2.05, 4.69) is 53.6 Å². The van der Waals surface area contributed by atoms with E-state index in [0.29, 0.717) is 24.4 Å². The number of carbonyl (C=O) groups excluding carboxylic acids is 1. The zero-order chi connectivity index (χ0) is 17.5. The maximum atomic E-state index is 12.0. The van der Waals surface area contributed by atoms with Crippen LogP contribution in [0.5, 0.6) is 0 Å². The van der Waals surface area contributed by atoms with Crippen LogP contribution in [0.25, 0.3) is 0 Å². The van der Waals surface area contributed by atoms with Crippen molar-refractivity contribution in [2.24, 2.45) is 5.92 Å². The summed E-state index contributed by atoms with van der Waals surface area (Å²) in [5, 5.41) is 9.23. The second kappa shape index (κ2) is 9.37. The zero-order valence-corrected chi connectivity index (χ0v) is 16.3. The number of rotatable bonds is 7. The Hall–Kier alpha value is -1.14. The van der Waals surface area contributed by atoms with E-state index in [0.717, 1.165) is 25.2 Å². The number of nitrogens with one attached hydrogen (secondary N) is 2. The molecule has 136 valence electrons. The standard InChI is InChI=1S/C18H32N4OS/c1-13(2)17-21-16(12-24-17)7-8-19-18(23)20-10-15-6-5-9-22(11-15)14(3)4/h12-15H,5-11H2,1-4H3,(H2,19,20,23). The number of hydrogen-bond donors (Lipinski definition) is 2.